The third kappa shape index (κ3) is 2.90. The molecule has 0 spiro atoms. The summed E-state index contributed by atoms with van der Waals surface area (Å²) in [6.45, 7) is 3.84. The molecule has 0 radical (unpaired) electrons. The fourth-order valence-corrected chi connectivity index (χ4v) is 1.85. The molecule has 2 rings (SSSR count). The second kappa shape index (κ2) is 5.23. The number of nitrogens with zero attached hydrogens (tertiary/aromatic N) is 1. The number of phenolic OH excluding ortho intramolecular Hbond substituents is 1. The molecule has 0 aliphatic carbocycles. The average molecular weight is 260 g/mol. The zero-order valence-electron chi connectivity index (χ0n) is 10.3. The van der Waals surface area contributed by atoms with E-state index in [4.69, 9.17) is 11.6 Å². The van der Waals surface area contributed by atoms with Crippen LogP contribution in [-0.4, -0.2) is 11.3 Å². The first kappa shape index (κ1) is 12.7. The number of halogens is 1. The van der Waals surface area contributed by atoms with Crippen LogP contribution in [0.4, 0.5) is 5.69 Å². The molecular formula is C15H14ClNO. The normalized spacial score (nSPS) is 11.1. The first-order chi connectivity index (χ1) is 8.56. The Balaban J connectivity index is 2.31. The fourth-order valence-electron chi connectivity index (χ4n) is 1.73. The number of phenols is 1. The predicted molar refractivity (Wildman–Crippen MR) is 76.3 cm³/mol. The van der Waals surface area contributed by atoms with Crippen molar-refractivity contribution in [2.45, 2.75) is 13.8 Å². The second-order valence-electron chi connectivity index (χ2n) is 4.26. The van der Waals surface area contributed by atoms with Gasteiger partial charge in [0.1, 0.15) is 11.4 Å². The van der Waals surface area contributed by atoms with E-state index in [1.807, 2.05) is 50.2 Å². The van der Waals surface area contributed by atoms with Crippen molar-refractivity contribution in [2.24, 2.45) is 4.99 Å². The Morgan fingerprint density at radius 1 is 1.11 bits per heavy atom. The van der Waals surface area contributed by atoms with Crippen LogP contribution in [0.15, 0.2) is 41.4 Å². The molecule has 0 atom stereocenters. The summed E-state index contributed by atoms with van der Waals surface area (Å²) in [5.41, 5.74) is 3.44. The third-order valence-corrected chi connectivity index (χ3v) is 2.90. The van der Waals surface area contributed by atoms with Crippen molar-refractivity contribution in [2.75, 3.05) is 0 Å². The van der Waals surface area contributed by atoms with Crippen molar-refractivity contribution in [3.63, 3.8) is 0 Å². The van der Waals surface area contributed by atoms with Gasteiger partial charge in [0.2, 0.25) is 0 Å². The third-order valence-electron chi connectivity index (χ3n) is 2.65. The molecule has 0 saturated heterocycles. The molecule has 0 saturated carbocycles. The smallest absolute Gasteiger partial charge is 0.144 e. The van der Waals surface area contributed by atoms with E-state index in [9.17, 15) is 5.11 Å². The molecule has 2 aromatic rings. The van der Waals surface area contributed by atoms with Gasteiger partial charge in [-0.3, -0.25) is 4.99 Å². The van der Waals surface area contributed by atoms with Gasteiger partial charge in [0, 0.05) is 11.2 Å². The molecule has 1 N–H and O–H groups in total. The van der Waals surface area contributed by atoms with Gasteiger partial charge >= 0.3 is 0 Å². The first-order valence-corrected chi connectivity index (χ1v) is 6.04. The molecule has 18 heavy (non-hydrogen) atoms. The van der Waals surface area contributed by atoms with Gasteiger partial charge in [-0.2, -0.15) is 0 Å². The summed E-state index contributed by atoms with van der Waals surface area (Å²) < 4.78 is 0. The Morgan fingerprint density at radius 2 is 1.78 bits per heavy atom. The number of hydrogen-bond donors (Lipinski definition) is 1. The van der Waals surface area contributed by atoms with Crippen LogP contribution < -0.4 is 0 Å². The molecule has 2 aromatic carbocycles. The minimum atomic E-state index is 0.228. The van der Waals surface area contributed by atoms with Crippen LogP contribution in [0.2, 0.25) is 5.02 Å². The minimum Gasteiger partial charge on any atom is -0.505 e. The van der Waals surface area contributed by atoms with E-state index in [1.165, 1.54) is 0 Å². The lowest BCUT2D eigenvalue weighted by Crippen LogP contribution is -1.82. The summed E-state index contributed by atoms with van der Waals surface area (Å²) in [5, 5.41) is 10.6. The second-order valence-corrected chi connectivity index (χ2v) is 4.70. The molecule has 0 amide bonds. The summed E-state index contributed by atoms with van der Waals surface area (Å²) in [6, 6.07) is 11.2. The number of rotatable bonds is 2. The van der Waals surface area contributed by atoms with E-state index in [2.05, 4.69) is 4.99 Å². The highest BCUT2D eigenvalue weighted by Gasteiger charge is 2.03. The Bertz CT molecular complexity index is 588. The summed E-state index contributed by atoms with van der Waals surface area (Å²) >= 11 is 5.81. The topological polar surface area (TPSA) is 32.6 Å². The Morgan fingerprint density at radius 3 is 2.44 bits per heavy atom. The van der Waals surface area contributed by atoms with E-state index in [0.717, 1.165) is 16.7 Å². The van der Waals surface area contributed by atoms with Crippen molar-refractivity contribution in [3.05, 3.63) is 58.1 Å². The van der Waals surface area contributed by atoms with Crippen molar-refractivity contribution < 1.29 is 5.11 Å². The molecule has 0 aromatic heterocycles. The molecule has 3 heteroatoms. The van der Waals surface area contributed by atoms with Gasteiger partial charge in [-0.1, -0.05) is 29.8 Å². The molecule has 0 fully saturated rings. The van der Waals surface area contributed by atoms with Gasteiger partial charge < -0.3 is 5.11 Å². The Labute approximate surface area is 112 Å². The van der Waals surface area contributed by atoms with E-state index in [0.29, 0.717) is 10.7 Å². The van der Waals surface area contributed by atoms with E-state index in [-0.39, 0.29) is 5.75 Å². The van der Waals surface area contributed by atoms with Crippen LogP contribution >= 0.6 is 11.6 Å². The largest absolute Gasteiger partial charge is 0.505 e. The molecule has 0 unspecified atom stereocenters. The highest BCUT2D eigenvalue weighted by Crippen LogP contribution is 2.31. The zero-order valence-corrected chi connectivity index (χ0v) is 11.1. The van der Waals surface area contributed by atoms with E-state index >= 15 is 0 Å². The minimum absolute atomic E-state index is 0.228. The number of benzene rings is 2. The predicted octanol–water partition coefficient (Wildman–Crippen LogP) is 4.41. The number of aryl methyl sites for hydroxylation is 2. The van der Waals surface area contributed by atoms with Crippen molar-refractivity contribution >= 4 is 23.5 Å². The van der Waals surface area contributed by atoms with E-state index < -0.39 is 0 Å². The molecule has 0 aliphatic heterocycles. The Kier molecular flexibility index (Phi) is 3.68. The van der Waals surface area contributed by atoms with Crippen LogP contribution in [-0.2, 0) is 0 Å². The Hall–Kier alpha value is -1.80. The zero-order chi connectivity index (χ0) is 13.1. The molecule has 0 heterocycles. The summed E-state index contributed by atoms with van der Waals surface area (Å²) in [7, 11) is 0. The van der Waals surface area contributed by atoms with Gasteiger partial charge in [-0.15, -0.1) is 0 Å². The maximum Gasteiger partial charge on any atom is 0.144 e. The maximum atomic E-state index is 9.91. The average Bonchev–Trinajstić information content (AvgIpc) is 2.34. The molecule has 92 valence electrons. The number of aromatic hydroxyl groups is 1. The standard InChI is InChI=1S/C15H14ClNO/c1-10-7-11(2)15(18)14(8-10)17-9-12-3-5-13(16)6-4-12/h3-9,18H,1-2H3. The SMILES string of the molecule is Cc1cc(C)c(O)c(N=Cc2ccc(Cl)cc2)c1. The molecule has 2 nitrogen and oxygen atoms in total. The van der Waals surface area contributed by atoms with Crippen molar-refractivity contribution in [3.8, 4) is 5.75 Å². The molecule has 0 bridgehead atoms. The quantitative estimate of drug-likeness (QED) is 0.796. The number of hydrogen-bond acceptors (Lipinski definition) is 2. The lowest BCUT2D eigenvalue weighted by molar-refractivity contribution is 0.472. The molecular weight excluding hydrogens is 246 g/mol. The van der Waals surface area contributed by atoms with Crippen LogP contribution in [0.25, 0.3) is 0 Å². The lowest BCUT2D eigenvalue weighted by atomic mass is 10.1. The summed E-state index contributed by atoms with van der Waals surface area (Å²) in [4.78, 5) is 4.31. The van der Waals surface area contributed by atoms with Gasteiger partial charge in [0.15, 0.2) is 0 Å². The maximum absolute atomic E-state index is 9.91. The van der Waals surface area contributed by atoms with Crippen LogP contribution in [0.1, 0.15) is 16.7 Å². The summed E-state index contributed by atoms with van der Waals surface area (Å²) in [5.74, 6) is 0.228. The highest BCUT2D eigenvalue weighted by molar-refractivity contribution is 6.30. The van der Waals surface area contributed by atoms with E-state index in [1.54, 1.807) is 6.21 Å². The lowest BCUT2D eigenvalue weighted by Gasteiger charge is -2.04. The summed E-state index contributed by atoms with van der Waals surface area (Å²) in [6.07, 6.45) is 1.71. The number of aliphatic imine (C=N–C) groups is 1. The highest BCUT2D eigenvalue weighted by atomic mass is 35.5. The first-order valence-electron chi connectivity index (χ1n) is 5.66. The van der Waals surface area contributed by atoms with Crippen LogP contribution in [0, 0.1) is 13.8 Å². The van der Waals surface area contributed by atoms with Crippen molar-refractivity contribution in [1.82, 2.24) is 0 Å². The van der Waals surface area contributed by atoms with Crippen molar-refractivity contribution in [1.29, 1.82) is 0 Å². The van der Waals surface area contributed by atoms with Gasteiger partial charge in [-0.25, -0.2) is 0 Å². The van der Waals surface area contributed by atoms with Gasteiger partial charge in [0.05, 0.1) is 0 Å². The fraction of sp³-hybridized carbons (Fsp3) is 0.133. The monoisotopic (exact) mass is 259 g/mol. The van der Waals surface area contributed by atoms with Gasteiger partial charge in [0.25, 0.3) is 0 Å². The van der Waals surface area contributed by atoms with Crippen LogP contribution in [0.3, 0.4) is 0 Å². The molecule has 0 aliphatic rings. The van der Waals surface area contributed by atoms with Crippen LogP contribution in [0.5, 0.6) is 5.75 Å². The van der Waals surface area contributed by atoms with Gasteiger partial charge in [-0.05, 0) is 48.7 Å².